The first kappa shape index (κ1) is 15.6. The maximum atomic E-state index is 11.9. The molecule has 0 aliphatic heterocycles. The van der Waals surface area contributed by atoms with Gasteiger partial charge in [-0.15, -0.1) is 0 Å². The number of carbonyl (C=O) groups is 1. The Hall–Kier alpha value is -2.29. The van der Waals surface area contributed by atoms with Crippen molar-refractivity contribution in [3.8, 4) is 5.75 Å². The molecule has 2 aromatic carbocycles. The average Bonchev–Trinajstić information content (AvgIpc) is 3.06. The maximum Gasteiger partial charge on any atom is 0.257 e. The van der Waals surface area contributed by atoms with E-state index in [0.717, 1.165) is 18.6 Å². The van der Waals surface area contributed by atoms with Gasteiger partial charge in [-0.3, -0.25) is 4.79 Å². The largest absolute Gasteiger partial charge is 0.484 e. The molecule has 2 aromatic rings. The predicted octanol–water partition coefficient (Wildman–Crippen LogP) is 3.47. The van der Waals surface area contributed by atoms with Gasteiger partial charge in [0.05, 0.1) is 0 Å². The van der Waals surface area contributed by atoms with E-state index in [-0.39, 0.29) is 12.5 Å². The summed E-state index contributed by atoms with van der Waals surface area (Å²) in [6.07, 6.45) is 3.50. The van der Waals surface area contributed by atoms with Gasteiger partial charge in [-0.25, -0.2) is 0 Å². The lowest BCUT2D eigenvalue weighted by molar-refractivity contribution is -0.123. The summed E-state index contributed by atoms with van der Waals surface area (Å²) in [5.41, 5.74) is 4.01. The van der Waals surface area contributed by atoms with Crippen LogP contribution in [0.5, 0.6) is 5.75 Å². The van der Waals surface area contributed by atoms with Gasteiger partial charge >= 0.3 is 0 Å². The molecule has 0 radical (unpaired) electrons. The number of nitrogens with one attached hydrogen (secondary N) is 1. The fourth-order valence-electron chi connectivity index (χ4n) is 3.00. The van der Waals surface area contributed by atoms with E-state index in [1.165, 1.54) is 23.1 Å². The number of benzene rings is 2. The molecular formula is C20H23NO2. The van der Waals surface area contributed by atoms with Crippen molar-refractivity contribution in [3.05, 3.63) is 65.2 Å². The highest BCUT2D eigenvalue weighted by atomic mass is 16.5. The zero-order chi connectivity index (χ0) is 16.1. The van der Waals surface area contributed by atoms with Crippen LogP contribution >= 0.6 is 0 Å². The Morgan fingerprint density at radius 3 is 2.74 bits per heavy atom. The minimum absolute atomic E-state index is 0.0697. The molecule has 3 nitrogen and oxygen atoms in total. The Balaban J connectivity index is 1.45. The summed E-state index contributed by atoms with van der Waals surface area (Å²) in [5.74, 6) is 1.00. The molecule has 120 valence electrons. The smallest absolute Gasteiger partial charge is 0.257 e. The normalized spacial score (nSPS) is 14.1. The van der Waals surface area contributed by atoms with Crippen LogP contribution in [0.4, 0.5) is 0 Å². The summed E-state index contributed by atoms with van der Waals surface area (Å²) < 4.78 is 5.62. The highest BCUT2D eigenvalue weighted by Gasteiger charge is 2.12. The monoisotopic (exact) mass is 309 g/mol. The van der Waals surface area contributed by atoms with Crippen molar-refractivity contribution in [2.45, 2.75) is 32.1 Å². The first-order valence-corrected chi connectivity index (χ1v) is 8.28. The third-order valence-electron chi connectivity index (χ3n) is 4.41. The molecule has 1 aliphatic rings. The number of amides is 1. The lowest BCUT2D eigenvalue weighted by atomic mass is 10.0. The first-order valence-electron chi connectivity index (χ1n) is 8.28. The Morgan fingerprint density at radius 1 is 1.13 bits per heavy atom. The molecule has 1 aliphatic carbocycles. The van der Waals surface area contributed by atoms with E-state index in [2.05, 4.69) is 36.5 Å². The van der Waals surface area contributed by atoms with Gasteiger partial charge in [-0.1, -0.05) is 43.3 Å². The molecule has 3 rings (SSSR count). The van der Waals surface area contributed by atoms with Gasteiger partial charge in [-0.2, -0.15) is 0 Å². The molecule has 0 saturated heterocycles. The zero-order valence-electron chi connectivity index (χ0n) is 13.5. The molecule has 1 atom stereocenters. The number of hydrogen-bond acceptors (Lipinski definition) is 2. The van der Waals surface area contributed by atoms with Crippen LogP contribution in [-0.2, 0) is 17.6 Å². The van der Waals surface area contributed by atoms with Crippen LogP contribution in [0.25, 0.3) is 0 Å². The number of rotatable bonds is 6. The minimum atomic E-state index is -0.0757. The molecule has 23 heavy (non-hydrogen) atoms. The molecule has 0 fully saturated rings. The van der Waals surface area contributed by atoms with Crippen LogP contribution in [-0.4, -0.2) is 19.1 Å². The van der Waals surface area contributed by atoms with Crippen molar-refractivity contribution in [3.63, 3.8) is 0 Å². The number of hydrogen-bond donors (Lipinski definition) is 1. The number of ether oxygens (including phenoxy) is 1. The summed E-state index contributed by atoms with van der Waals surface area (Å²) in [7, 11) is 0. The quantitative estimate of drug-likeness (QED) is 0.887. The highest BCUT2D eigenvalue weighted by molar-refractivity contribution is 5.77. The summed E-state index contributed by atoms with van der Waals surface area (Å²) in [6, 6.07) is 16.4. The molecule has 0 bridgehead atoms. The van der Waals surface area contributed by atoms with E-state index < -0.39 is 0 Å². The molecule has 0 spiro atoms. The van der Waals surface area contributed by atoms with E-state index in [1.807, 2.05) is 24.3 Å². The van der Waals surface area contributed by atoms with Crippen LogP contribution < -0.4 is 10.1 Å². The van der Waals surface area contributed by atoms with Gasteiger partial charge < -0.3 is 10.1 Å². The molecule has 0 heterocycles. The van der Waals surface area contributed by atoms with E-state index in [4.69, 9.17) is 4.74 Å². The molecule has 1 N–H and O–H groups in total. The number of aryl methyl sites for hydroxylation is 2. The van der Waals surface area contributed by atoms with Crippen LogP contribution in [0.2, 0.25) is 0 Å². The van der Waals surface area contributed by atoms with Crippen LogP contribution in [0.3, 0.4) is 0 Å². The van der Waals surface area contributed by atoms with Crippen molar-refractivity contribution < 1.29 is 9.53 Å². The van der Waals surface area contributed by atoms with Gasteiger partial charge in [0.2, 0.25) is 0 Å². The third kappa shape index (κ3) is 4.13. The fraction of sp³-hybridized carbons (Fsp3) is 0.350. The topological polar surface area (TPSA) is 38.3 Å². The van der Waals surface area contributed by atoms with Gasteiger partial charge in [0.25, 0.3) is 5.91 Å². The molecule has 0 saturated carbocycles. The van der Waals surface area contributed by atoms with E-state index >= 15 is 0 Å². The summed E-state index contributed by atoms with van der Waals surface area (Å²) in [4.78, 5) is 11.9. The van der Waals surface area contributed by atoms with Crippen molar-refractivity contribution in [2.24, 2.45) is 0 Å². The molecule has 0 aromatic heterocycles. The number of carbonyl (C=O) groups excluding carboxylic acids is 1. The zero-order valence-corrected chi connectivity index (χ0v) is 13.5. The Labute approximate surface area is 137 Å². The SMILES string of the molecule is C[C@@H](CNC(=O)COc1ccc2c(c1)CCC2)c1ccccc1. The standard InChI is InChI=1S/C20H23NO2/c1-15(16-6-3-2-4-7-16)13-21-20(22)14-23-19-11-10-17-8-5-9-18(17)12-19/h2-4,6-7,10-12,15H,5,8-9,13-14H2,1H3,(H,21,22)/t15-/m0/s1. The highest BCUT2D eigenvalue weighted by Crippen LogP contribution is 2.25. The van der Waals surface area contributed by atoms with Crippen LogP contribution in [0, 0.1) is 0 Å². The second-order valence-corrected chi connectivity index (χ2v) is 6.19. The molecular weight excluding hydrogens is 286 g/mol. The summed E-state index contributed by atoms with van der Waals surface area (Å²) in [6.45, 7) is 2.80. The predicted molar refractivity (Wildman–Crippen MR) is 91.8 cm³/mol. The van der Waals surface area contributed by atoms with Gasteiger partial charge in [0, 0.05) is 6.54 Å². The van der Waals surface area contributed by atoms with E-state index in [9.17, 15) is 4.79 Å². The van der Waals surface area contributed by atoms with Crippen molar-refractivity contribution in [1.29, 1.82) is 0 Å². The van der Waals surface area contributed by atoms with E-state index in [0.29, 0.717) is 12.5 Å². The van der Waals surface area contributed by atoms with E-state index in [1.54, 1.807) is 0 Å². The molecule has 3 heteroatoms. The van der Waals surface area contributed by atoms with Crippen molar-refractivity contribution in [1.82, 2.24) is 5.32 Å². The second-order valence-electron chi connectivity index (χ2n) is 6.19. The summed E-state index contributed by atoms with van der Waals surface area (Å²) in [5, 5.41) is 2.94. The number of fused-ring (bicyclic) bond motifs is 1. The Morgan fingerprint density at radius 2 is 1.91 bits per heavy atom. The first-order chi connectivity index (χ1) is 11.2. The third-order valence-corrected chi connectivity index (χ3v) is 4.41. The Kier molecular flexibility index (Phi) is 4.96. The average molecular weight is 309 g/mol. The van der Waals surface area contributed by atoms with Gasteiger partial charge in [-0.05, 0) is 54.0 Å². The van der Waals surface area contributed by atoms with Crippen LogP contribution in [0.15, 0.2) is 48.5 Å². The van der Waals surface area contributed by atoms with Crippen molar-refractivity contribution in [2.75, 3.05) is 13.2 Å². The lowest BCUT2D eigenvalue weighted by Crippen LogP contribution is -2.31. The second kappa shape index (κ2) is 7.32. The lowest BCUT2D eigenvalue weighted by Gasteiger charge is -2.13. The van der Waals surface area contributed by atoms with Crippen LogP contribution in [0.1, 0.15) is 36.0 Å². The summed E-state index contributed by atoms with van der Waals surface area (Å²) >= 11 is 0. The fourth-order valence-corrected chi connectivity index (χ4v) is 3.00. The molecule has 1 amide bonds. The minimum Gasteiger partial charge on any atom is -0.484 e. The van der Waals surface area contributed by atoms with Gasteiger partial charge in [0.1, 0.15) is 5.75 Å². The maximum absolute atomic E-state index is 11.9. The van der Waals surface area contributed by atoms with Gasteiger partial charge in [0.15, 0.2) is 6.61 Å². The molecule has 0 unspecified atom stereocenters. The Bertz CT molecular complexity index is 667. The van der Waals surface area contributed by atoms with Crippen molar-refractivity contribution >= 4 is 5.91 Å².